The monoisotopic (exact) mass is 577 g/mol. The van der Waals surface area contributed by atoms with Gasteiger partial charge in [-0.05, 0) is 48.9 Å². The maximum atomic E-state index is 13.6. The van der Waals surface area contributed by atoms with Gasteiger partial charge in [-0.2, -0.15) is 5.48 Å². The number of benzene rings is 2. The van der Waals surface area contributed by atoms with Crippen molar-refractivity contribution in [2.75, 3.05) is 6.54 Å². The Morgan fingerprint density at radius 3 is 2.19 bits per heavy atom. The Kier molecular flexibility index (Phi) is 12.0. The molecule has 226 valence electrons. The second-order valence-electron chi connectivity index (χ2n) is 11.7. The van der Waals surface area contributed by atoms with Crippen LogP contribution in [0.1, 0.15) is 45.7 Å². The highest BCUT2D eigenvalue weighted by atomic mass is 16.6. The summed E-state index contributed by atoms with van der Waals surface area (Å²) in [6, 6.07) is 21.3. The molecule has 0 aliphatic carbocycles. The number of carbonyl (C=O) groups is 2. The number of nitrogens with zero attached hydrogens (tertiary/aromatic N) is 2. The molecule has 5 N–H and O–H groups in total. The Bertz CT molecular complexity index is 1250. The van der Waals surface area contributed by atoms with Crippen LogP contribution in [0.4, 0.5) is 4.79 Å². The smallest absolute Gasteiger partial charge is 0.408 e. The second kappa shape index (κ2) is 15.4. The predicted molar refractivity (Wildman–Crippen MR) is 161 cm³/mol. The lowest BCUT2D eigenvalue weighted by Crippen LogP contribution is -2.59. The molecular weight excluding hydrogens is 534 g/mol. The summed E-state index contributed by atoms with van der Waals surface area (Å²) in [6.07, 6.45) is 0.00706. The minimum absolute atomic E-state index is 0.00784. The van der Waals surface area contributed by atoms with E-state index in [1.165, 1.54) is 0 Å². The van der Waals surface area contributed by atoms with Gasteiger partial charge in [0.25, 0.3) is 5.91 Å². The fraction of sp³-hybridized carbons (Fsp3) is 0.406. The molecule has 3 atom stereocenters. The van der Waals surface area contributed by atoms with Crippen LogP contribution in [0.5, 0.6) is 0 Å². The highest BCUT2D eigenvalue weighted by molar-refractivity contribution is 5.86. The summed E-state index contributed by atoms with van der Waals surface area (Å²) >= 11 is 0. The van der Waals surface area contributed by atoms with Crippen molar-refractivity contribution in [1.82, 2.24) is 26.2 Å². The summed E-state index contributed by atoms with van der Waals surface area (Å²) in [7, 11) is 0. The van der Waals surface area contributed by atoms with Crippen molar-refractivity contribution in [2.45, 2.75) is 71.9 Å². The average molecular weight is 578 g/mol. The molecule has 0 spiro atoms. The third kappa shape index (κ3) is 10.2. The maximum absolute atomic E-state index is 13.6. The first-order chi connectivity index (χ1) is 20.0. The van der Waals surface area contributed by atoms with Crippen LogP contribution in [0, 0.1) is 5.41 Å². The number of hydrogen-bond donors (Lipinski definition) is 5. The van der Waals surface area contributed by atoms with Gasteiger partial charge >= 0.3 is 6.09 Å². The molecule has 42 heavy (non-hydrogen) atoms. The maximum Gasteiger partial charge on any atom is 0.408 e. The zero-order valence-electron chi connectivity index (χ0n) is 24.9. The number of amides is 2. The van der Waals surface area contributed by atoms with E-state index in [0.717, 1.165) is 22.4 Å². The largest absolute Gasteiger partial charge is 0.447 e. The normalized spacial score (nSPS) is 13.8. The highest BCUT2D eigenvalue weighted by Gasteiger charge is 2.35. The van der Waals surface area contributed by atoms with Gasteiger partial charge < -0.3 is 20.4 Å². The van der Waals surface area contributed by atoms with E-state index in [4.69, 9.17) is 4.74 Å². The van der Waals surface area contributed by atoms with Crippen LogP contribution in [0.2, 0.25) is 0 Å². The predicted octanol–water partition coefficient (Wildman–Crippen LogP) is 4.08. The van der Waals surface area contributed by atoms with E-state index in [9.17, 15) is 19.9 Å². The first kappa shape index (κ1) is 32.7. The number of alkyl carbamates (subject to hydrolysis) is 1. The third-order valence-corrected chi connectivity index (χ3v) is 6.63. The number of nitrogens with one attached hydrogen (secondary N) is 3. The van der Waals surface area contributed by atoms with Gasteiger partial charge in [-0.25, -0.2) is 9.80 Å². The van der Waals surface area contributed by atoms with Gasteiger partial charge in [-0.15, -0.1) is 0 Å². The van der Waals surface area contributed by atoms with E-state index in [-0.39, 0.29) is 19.2 Å². The van der Waals surface area contributed by atoms with Crippen LogP contribution in [-0.2, 0) is 22.5 Å². The van der Waals surface area contributed by atoms with Crippen LogP contribution >= 0.6 is 0 Å². The number of carbonyl (C=O) groups excluding carboxylic acids is 2. The summed E-state index contributed by atoms with van der Waals surface area (Å²) in [5.74, 6) is -0.461. The van der Waals surface area contributed by atoms with Crippen molar-refractivity contribution in [2.24, 2.45) is 5.41 Å². The Hall–Kier alpha value is -3.83. The number of rotatable bonds is 13. The first-order valence-corrected chi connectivity index (χ1v) is 14.1. The SMILES string of the molecule is CC(C)OC(=O)NC(C(=O)NN(Cc1ccc(-c2ccccn2)cc1)CC(O)C(Cc1ccccc1)NO)C(C)(C)C. The van der Waals surface area contributed by atoms with Crippen LogP contribution in [0.15, 0.2) is 79.0 Å². The van der Waals surface area contributed by atoms with Crippen LogP contribution in [0.3, 0.4) is 0 Å². The minimum Gasteiger partial charge on any atom is -0.447 e. The summed E-state index contributed by atoms with van der Waals surface area (Å²) in [6.45, 7) is 9.23. The quantitative estimate of drug-likeness (QED) is 0.192. The number of hydroxylamine groups is 1. The summed E-state index contributed by atoms with van der Waals surface area (Å²) in [4.78, 5) is 30.4. The van der Waals surface area contributed by atoms with Crippen molar-refractivity contribution in [3.05, 3.63) is 90.1 Å². The molecule has 10 heteroatoms. The summed E-state index contributed by atoms with van der Waals surface area (Å²) < 4.78 is 5.22. The molecule has 0 saturated heterocycles. The van der Waals surface area contributed by atoms with Crippen LogP contribution in [-0.4, -0.2) is 63.1 Å². The molecule has 1 aromatic heterocycles. The standard InChI is InChI=1S/C32H43N5O5/c1-22(2)42-31(40)34-29(32(3,4)5)30(39)35-37(21-28(38)27(36-41)19-23-11-7-6-8-12-23)20-24-14-16-25(17-15-24)26-13-9-10-18-33-26/h6-18,22,27-29,36,38,41H,19-21H2,1-5H3,(H,34,40)(H,35,39). The van der Waals surface area contributed by atoms with Crippen molar-refractivity contribution >= 4 is 12.0 Å². The minimum atomic E-state index is -1.06. The highest BCUT2D eigenvalue weighted by Crippen LogP contribution is 2.21. The lowest BCUT2D eigenvalue weighted by molar-refractivity contribution is -0.131. The molecule has 0 saturated carbocycles. The average Bonchev–Trinajstić information content (AvgIpc) is 2.95. The zero-order chi connectivity index (χ0) is 30.7. The molecule has 10 nitrogen and oxygen atoms in total. The zero-order valence-corrected chi connectivity index (χ0v) is 24.9. The number of hydrogen-bond acceptors (Lipinski definition) is 8. The molecule has 3 rings (SSSR count). The molecule has 3 unspecified atom stereocenters. The van der Waals surface area contributed by atoms with Crippen molar-refractivity contribution < 1.29 is 24.6 Å². The number of aliphatic hydroxyl groups excluding tert-OH is 1. The molecule has 0 bridgehead atoms. The van der Waals surface area contributed by atoms with Gasteiger partial charge in [0.05, 0.1) is 23.9 Å². The van der Waals surface area contributed by atoms with E-state index in [1.54, 1.807) is 25.1 Å². The Morgan fingerprint density at radius 1 is 0.952 bits per heavy atom. The first-order valence-electron chi connectivity index (χ1n) is 14.1. The van der Waals surface area contributed by atoms with E-state index in [1.807, 2.05) is 93.6 Å². The Balaban J connectivity index is 1.81. The fourth-order valence-corrected chi connectivity index (χ4v) is 4.44. The molecular formula is C32H43N5O5. The van der Waals surface area contributed by atoms with E-state index >= 15 is 0 Å². The Labute approximate surface area is 248 Å². The summed E-state index contributed by atoms with van der Waals surface area (Å²) in [5.41, 5.74) is 8.07. The van der Waals surface area contributed by atoms with Gasteiger partial charge in [0.1, 0.15) is 6.04 Å². The molecule has 0 aliphatic heterocycles. The van der Waals surface area contributed by atoms with Crippen molar-refractivity contribution in [3.63, 3.8) is 0 Å². The topological polar surface area (TPSA) is 136 Å². The molecule has 0 aliphatic rings. The molecule has 1 heterocycles. The number of aromatic nitrogens is 1. The van der Waals surface area contributed by atoms with Gasteiger partial charge in [0.15, 0.2) is 0 Å². The van der Waals surface area contributed by atoms with E-state index in [0.29, 0.717) is 6.42 Å². The van der Waals surface area contributed by atoms with Gasteiger partial charge in [0, 0.05) is 24.8 Å². The van der Waals surface area contributed by atoms with Crippen molar-refractivity contribution in [3.8, 4) is 11.3 Å². The lowest BCUT2D eigenvalue weighted by Gasteiger charge is -2.34. The molecule has 2 aromatic carbocycles. The molecule has 0 radical (unpaired) electrons. The molecule has 0 fully saturated rings. The van der Waals surface area contributed by atoms with Gasteiger partial charge in [0.2, 0.25) is 0 Å². The number of aliphatic hydroxyl groups is 1. The molecule has 2 amide bonds. The molecule has 3 aromatic rings. The second-order valence-corrected chi connectivity index (χ2v) is 11.7. The number of ether oxygens (including phenoxy) is 1. The van der Waals surface area contributed by atoms with E-state index in [2.05, 4.69) is 21.2 Å². The van der Waals surface area contributed by atoms with Crippen molar-refractivity contribution in [1.29, 1.82) is 0 Å². The van der Waals surface area contributed by atoms with E-state index < -0.39 is 35.6 Å². The number of hydrazine groups is 1. The number of pyridine rings is 1. The van der Waals surface area contributed by atoms with Gasteiger partial charge in [-0.1, -0.05) is 81.4 Å². The van der Waals surface area contributed by atoms with Crippen LogP contribution in [0.25, 0.3) is 11.3 Å². The van der Waals surface area contributed by atoms with Gasteiger partial charge in [-0.3, -0.25) is 15.2 Å². The fourth-order valence-electron chi connectivity index (χ4n) is 4.44. The van der Waals surface area contributed by atoms with Crippen LogP contribution < -0.4 is 16.2 Å². The Morgan fingerprint density at radius 2 is 1.62 bits per heavy atom. The summed E-state index contributed by atoms with van der Waals surface area (Å²) in [5, 5.41) is 25.3. The lowest BCUT2D eigenvalue weighted by atomic mass is 9.86. The third-order valence-electron chi connectivity index (χ3n) is 6.63.